The molecule has 0 radical (unpaired) electrons. The van der Waals surface area contributed by atoms with Crippen LogP contribution < -0.4 is 43.0 Å². The lowest BCUT2D eigenvalue weighted by atomic mass is 9.80. The average molecular weight is 1770 g/mol. The first-order chi connectivity index (χ1) is 66.2. The highest BCUT2D eigenvalue weighted by Gasteiger charge is 2.43. The zero-order chi connectivity index (χ0) is 92.5. The van der Waals surface area contributed by atoms with Gasteiger partial charge in [-0.3, -0.25) is 76.7 Å². The van der Waals surface area contributed by atoms with Gasteiger partial charge in [0.25, 0.3) is 0 Å². The number of carbonyl (C=O) groups excluding carboxylic acids is 12. The summed E-state index contributed by atoms with van der Waals surface area (Å²) in [7, 11) is 0. The predicted octanol–water partition coefficient (Wildman–Crippen LogP) is 19.0. The number of H-pyrrole nitrogens is 4. The number of aromatic amines is 4. The van der Waals surface area contributed by atoms with Gasteiger partial charge in [0.15, 0.2) is 91.1 Å². The van der Waals surface area contributed by atoms with Crippen LogP contribution in [0.15, 0.2) is 310 Å². The summed E-state index contributed by atoms with van der Waals surface area (Å²) < 4.78 is 0. The van der Waals surface area contributed by atoms with Crippen molar-refractivity contribution < 1.29 is 57.5 Å². The molecule has 0 unspecified atom stereocenters. The minimum Gasteiger partial charge on any atom is -0.354 e. The first-order valence-electron chi connectivity index (χ1n) is 43.2. The van der Waals surface area contributed by atoms with Crippen LogP contribution in [0.3, 0.4) is 0 Å². The van der Waals surface area contributed by atoms with Crippen LogP contribution in [0, 0.1) is 0 Å². The Kier molecular flexibility index (Phi) is 16.9. The minimum atomic E-state index is -0.541. The normalized spacial score (nSPS) is 13.6. The summed E-state index contributed by atoms with van der Waals surface area (Å²) in [5.41, 5.74) is 5.75. The van der Waals surface area contributed by atoms with Crippen molar-refractivity contribution in [3.8, 4) is 0 Å². The molecule has 0 bridgehead atoms. The summed E-state index contributed by atoms with van der Waals surface area (Å²) in [5, 5.41) is 15.8. The molecule has 6 aliphatic carbocycles. The zero-order valence-corrected chi connectivity index (χ0v) is 70.2. The number of anilines is 8. The molecule has 4 heterocycles. The largest absolute Gasteiger partial charge is 0.354 e. The van der Waals surface area contributed by atoms with Crippen LogP contribution in [0.1, 0.15) is 191 Å². The highest BCUT2D eigenvalue weighted by atomic mass is 16.2. The van der Waals surface area contributed by atoms with Gasteiger partial charge in [0.05, 0.1) is 134 Å². The Morgan fingerprint density at radius 1 is 0.132 bits per heavy atom. The second-order valence-electron chi connectivity index (χ2n) is 33.9. The maximum atomic E-state index is 15.0. The van der Waals surface area contributed by atoms with Crippen molar-refractivity contribution >= 4 is 202 Å². The van der Waals surface area contributed by atoms with Crippen molar-refractivity contribution in [1.29, 1.82) is 0 Å². The molecule has 0 amide bonds. The number of fused-ring (bicyclic) bond motifs is 24. The number of carbonyl (C=O) groups is 12. The molecule has 0 saturated heterocycles. The molecular formula is C112H56N8O16. The molecule has 16 aromatic carbocycles. The second kappa shape index (κ2) is 29.1. The van der Waals surface area contributed by atoms with Crippen molar-refractivity contribution in [3.63, 3.8) is 0 Å². The van der Waals surface area contributed by atoms with Crippen LogP contribution >= 0.6 is 0 Å². The van der Waals surface area contributed by atoms with Crippen LogP contribution in [0.25, 0.3) is 87.2 Å². The number of hydrogen-bond acceptors (Lipinski definition) is 20. The van der Waals surface area contributed by atoms with E-state index in [1.54, 1.807) is 231 Å². The number of aromatic nitrogens is 4. The maximum Gasteiger partial charge on any atom is 0.198 e. The van der Waals surface area contributed by atoms with E-state index < -0.39 is 69.4 Å². The van der Waals surface area contributed by atoms with Crippen molar-refractivity contribution in [1.82, 2.24) is 19.9 Å². The molecule has 24 heteroatoms. The Balaban J connectivity index is 0.000000145. The van der Waals surface area contributed by atoms with Gasteiger partial charge >= 0.3 is 0 Å². The molecule has 8 N–H and O–H groups in total. The number of rotatable bonds is 8. The van der Waals surface area contributed by atoms with Gasteiger partial charge in [-0.05, 0) is 146 Å². The number of ketones is 12. The fourth-order valence-corrected chi connectivity index (χ4v) is 20.6. The van der Waals surface area contributed by atoms with Crippen LogP contribution in [0.4, 0.5) is 45.5 Å². The van der Waals surface area contributed by atoms with Gasteiger partial charge in [-0.1, -0.05) is 146 Å². The lowest BCUT2D eigenvalue weighted by Gasteiger charge is -2.26. The number of pyridine rings is 4. The molecular weight excluding hydrogens is 1710 g/mol. The van der Waals surface area contributed by atoms with E-state index in [-0.39, 0.29) is 244 Å². The van der Waals surface area contributed by atoms with E-state index in [0.29, 0.717) is 43.6 Å². The smallest absolute Gasteiger partial charge is 0.198 e. The predicted molar refractivity (Wildman–Crippen MR) is 514 cm³/mol. The van der Waals surface area contributed by atoms with Gasteiger partial charge in [0.2, 0.25) is 0 Å². The van der Waals surface area contributed by atoms with Gasteiger partial charge in [0.1, 0.15) is 0 Å². The Labute approximate surface area is 762 Å². The van der Waals surface area contributed by atoms with E-state index in [1.807, 2.05) is 0 Å². The van der Waals surface area contributed by atoms with Gasteiger partial charge < -0.3 is 41.2 Å². The molecule has 136 heavy (non-hydrogen) atoms. The number of benzene rings is 16. The van der Waals surface area contributed by atoms with Crippen molar-refractivity contribution in [2.75, 3.05) is 21.3 Å². The maximum absolute atomic E-state index is 15.0. The summed E-state index contributed by atoms with van der Waals surface area (Å²) in [5.74, 6) is -5.73. The molecule has 0 spiro atoms. The first kappa shape index (κ1) is 78.9. The molecule has 0 atom stereocenters. The summed E-state index contributed by atoms with van der Waals surface area (Å²) in [6, 6.07) is 77.9. The lowest BCUT2D eigenvalue weighted by molar-refractivity contribution is 0.0980. The highest BCUT2D eigenvalue weighted by molar-refractivity contribution is 6.40. The molecule has 640 valence electrons. The summed E-state index contributed by atoms with van der Waals surface area (Å²) in [6.07, 6.45) is 0. The van der Waals surface area contributed by atoms with Gasteiger partial charge in [-0.15, -0.1) is 0 Å². The number of hydrogen-bond donors (Lipinski definition) is 8. The van der Waals surface area contributed by atoms with Crippen LogP contribution in [-0.4, -0.2) is 89.3 Å². The van der Waals surface area contributed by atoms with E-state index in [4.69, 9.17) is 0 Å². The minimum absolute atomic E-state index is 0.0194. The van der Waals surface area contributed by atoms with Gasteiger partial charge in [-0.2, -0.15) is 0 Å². The molecule has 20 aromatic rings. The summed E-state index contributed by atoms with van der Waals surface area (Å²) >= 11 is 0. The molecule has 26 rings (SSSR count). The standard InChI is InChI=1S/2C56H28N4O8/c61-49-25-9-1-3-15-35(25)59-47-33(49)23-21-31-45(47)54(66)29-13-7-17-37(41(29)52(31)64)57-39-19-5-11-27-43(39)56(68)44-28(51(27)63)12-6-20-40(44)58-38-18-8-14-30-42(38)53(65)32-22-24-34-48(46(32)55(30)67)60-36-16-4-2-10-26(36)50(34)62;61-49-25-9-1-3-15-35(25)59-47-33(49)23-21-31-45(47)55(67)29-13-7-19-39(43(29)53(31)65)57-37-17-5-11-27-41(37)51(63)28-12-6-18-38(42(28)52(27)64)58-40-20-8-14-30-44(40)54(66)32-22-24-34-48(46(32)56(30)68)60-36-16-4-2-10-26(36)50(34)62/h2*1-24,57-58H,(H,59,61)(H,60,62). The van der Waals surface area contributed by atoms with E-state index in [9.17, 15) is 76.7 Å². The monoisotopic (exact) mass is 1770 g/mol. The Morgan fingerprint density at radius 2 is 0.294 bits per heavy atom. The molecule has 0 saturated carbocycles. The summed E-state index contributed by atoms with van der Waals surface area (Å²) in [6.45, 7) is 0. The third-order valence-electron chi connectivity index (χ3n) is 26.8. The second-order valence-corrected chi connectivity index (χ2v) is 33.9. The number of para-hydroxylation sites is 4. The van der Waals surface area contributed by atoms with E-state index in [1.165, 1.54) is 60.7 Å². The third kappa shape index (κ3) is 11.1. The third-order valence-corrected chi connectivity index (χ3v) is 26.8. The van der Waals surface area contributed by atoms with Crippen molar-refractivity contribution in [2.45, 2.75) is 0 Å². The Bertz CT molecular complexity index is 9100. The Morgan fingerprint density at radius 3 is 0.493 bits per heavy atom. The van der Waals surface area contributed by atoms with E-state index >= 15 is 0 Å². The first-order valence-corrected chi connectivity index (χ1v) is 43.2. The Hall–Kier alpha value is -19.4. The molecule has 0 aliphatic heterocycles. The van der Waals surface area contributed by atoms with E-state index in [0.717, 1.165) is 0 Å². The zero-order valence-electron chi connectivity index (χ0n) is 70.2. The lowest BCUT2D eigenvalue weighted by Crippen LogP contribution is -2.25. The van der Waals surface area contributed by atoms with Gasteiger partial charge in [-0.25, -0.2) is 0 Å². The summed E-state index contributed by atoms with van der Waals surface area (Å²) in [4.78, 5) is 241. The van der Waals surface area contributed by atoms with Gasteiger partial charge in [0, 0.05) is 132 Å². The SMILES string of the molecule is O=C1c2cccc(Nc3cccc4c3C(=O)c3ccc5c(=O)c6ccccc6[nH]c5c3C4=O)c2C(=O)c2c(Nc3cccc4c3C(=O)c3ccc5c(=O)c6ccccc6[nH]c5c3C4=O)cccc21.O=C1c2cccc(Nc3cccc4c3C(=O)c3ccc5c(=O)c6ccccc6[nH]c5c3C4=O)c2C(=O)c2cccc(Nc3cccc4c3C(=O)c3ccc5c(=O)c6ccccc6[nH]c5c3C4=O)c21. The molecule has 4 aromatic heterocycles. The fraction of sp³-hybridized carbons (Fsp3) is 0. The van der Waals surface area contributed by atoms with Crippen molar-refractivity contribution in [2.24, 2.45) is 0 Å². The quantitative estimate of drug-likeness (QED) is 0.0655. The fourth-order valence-electron chi connectivity index (χ4n) is 20.6. The van der Waals surface area contributed by atoms with Crippen LogP contribution in [0.2, 0.25) is 0 Å². The topological polar surface area (TPSA) is 384 Å². The molecule has 0 fully saturated rings. The molecule has 6 aliphatic rings. The average Bonchev–Trinajstić information content (AvgIpc) is 0.727. The van der Waals surface area contributed by atoms with Crippen LogP contribution in [-0.2, 0) is 0 Å². The van der Waals surface area contributed by atoms with E-state index in [2.05, 4.69) is 41.2 Å². The van der Waals surface area contributed by atoms with Crippen LogP contribution in [0.5, 0.6) is 0 Å². The highest BCUT2D eigenvalue weighted by Crippen LogP contribution is 2.47. The number of nitrogens with one attached hydrogen (secondary N) is 8. The van der Waals surface area contributed by atoms with Crippen molar-refractivity contribution in [3.05, 3.63) is 466 Å². The molecule has 24 nitrogen and oxygen atoms in total.